The van der Waals surface area contributed by atoms with Crippen LogP contribution in [0.3, 0.4) is 0 Å². The molecule has 8 nitrogen and oxygen atoms in total. The quantitative estimate of drug-likeness (QED) is 0.351. The second-order valence-corrected chi connectivity index (χ2v) is 7.25. The van der Waals surface area contributed by atoms with Crippen LogP contribution in [0.25, 0.3) is 5.69 Å². The molecule has 0 atom stereocenters. The number of carbonyl (C=O) groups is 1. The van der Waals surface area contributed by atoms with E-state index in [9.17, 15) is 4.79 Å². The lowest BCUT2D eigenvalue weighted by Gasteiger charge is -2.10. The second-order valence-electron chi connectivity index (χ2n) is 6.30. The molecule has 0 fully saturated rings. The molecule has 158 valence electrons. The first kappa shape index (κ1) is 21.8. The Morgan fingerprint density at radius 1 is 1.13 bits per heavy atom. The lowest BCUT2D eigenvalue weighted by atomic mass is 10.2. The Morgan fingerprint density at radius 2 is 1.93 bits per heavy atom. The summed E-state index contributed by atoms with van der Waals surface area (Å²) >= 11 is 1.28. The average Bonchev–Trinajstić information content (AvgIpc) is 3.24. The number of hydrogen-bond donors (Lipinski definition) is 1. The summed E-state index contributed by atoms with van der Waals surface area (Å²) in [5, 5.41) is 15.2. The fourth-order valence-electron chi connectivity index (χ4n) is 2.68. The van der Waals surface area contributed by atoms with Crippen LogP contribution >= 0.6 is 11.8 Å². The third kappa shape index (κ3) is 6.57. The molecule has 0 aliphatic heterocycles. The van der Waals surface area contributed by atoms with Crippen LogP contribution in [-0.4, -0.2) is 51.6 Å². The molecule has 0 saturated heterocycles. The Balaban J connectivity index is 1.39. The highest BCUT2D eigenvalue weighted by Gasteiger charge is 2.14. The van der Waals surface area contributed by atoms with Gasteiger partial charge in [-0.25, -0.2) is 0 Å². The molecule has 0 aliphatic rings. The number of nitrogens with zero attached hydrogens (tertiary/aromatic N) is 4. The first-order valence-electron chi connectivity index (χ1n) is 9.79. The van der Waals surface area contributed by atoms with E-state index in [0.717, 1.165) is 17.7 Å². The molecule has 1 amide bonds. The van der Waals surface area contributed by atoms with Crippen LogP contribution in [0.4, 0.5) is 0 Å². The van der Waals surface area contributed by atoms with Crippen molar-refractivity contribution in [1.29, 1.82) is 0 Å². The summed E-state index contributed by atoms with van der Waals surface area (Å²) in [4.78, 5) is 12.1. The Morgan fingerprint density at radius 3 is 2.77 bits per heavy atom. The number of tetrazole rings is 1. The molecular weight excluding hydrogens is 402 g/mol. The molecule has 3 rings (SSSR count). The summed E-state index contributed by atoms with van der Waals surface area (Å²) < 4.78 is 12.8. The third-order valence-corrected chi connectivity index (χ3v) is 4.99. The SMILES string of the molecule is CCOc1ccccc1-n1nnnc1SCC(=O)NCCCOCc1ccccc1. The monoisotopic (exact) mass is 427 g/mol. The molecule has 9 heteroatoms. The highest BCUT2D eigenvalue weighted by Crippen LogP contribution is 2.25. The maximum atomic E-state index is 12.1. The summed E-state index contributed by atoms with van der Waals surface area (Å²) in [6.07, 6.45) is 0.753. The topological polar surface area (TPSA) is 91.2 Å². The van der Waals surface area contributed by atoms with E-state index in [-0.39, 0.29) is 11.7 Å². The molecule has 1 aromatic heterocycles. The van der Waals surface area contributed by atoms with Crippen LogP contribution in [0.2, 0.25) is 0 Å². The molecule has 1 N–H and O–H groups in total. The Labute approximate surface area is 180 Å². The molecule has 1 heterocycles. The van der Waals surface area contributed by atoms with Crippen LogP contribution < -0.4 is 10.1 Å². The van der Waals surface area contributed by atoms with E-state index >= 15 is 0 Å². The van der Waals surface area contributed by atoms with Gasteiger partial charge in [0.2, 0.25) is 11.1 Å². The Hall–Kier alpha value is -2.91. The van der Waals surface area contributed by atoms with Gasteiger partial charge in [-0.2, -0.15) is 4.68 Å². The molecule has 0 aliphatic carbocycles. The van der Waals surface area contributed by atoms with Gasteiger partial charge in [-0.3, -0.25) is 4.79 Å². The molecule has 0 unspecified atom stereocenters. The van der Waals surface area contributed by atoms with Gasteiger partial charge in [0.1, 0.15) is 11.4 Å². The maximum Gasteiger partial charge on any atom is 0.230 e. The number of amides is 1. The molecule has 2 aromatic carbocycles. The van der Waals surface area contributed by atoms with Crippen molar-refractivity contribution in [3.05, 3.63) is 60.2 Å². The molecule has 0 radical (unpaired) electrons. The number of nitrogens with one attached hydrogen (secondary N) is 1. The molecule has 0 spiro atoms. The van der Waals surface area contributed by atoms with Gasteiger partial charge in [0, 0.05) is 13.2 Å². The zero-order valence-corrected chi connectivity index (χ0v) is 17.7. The van der Waals surface area contributed by atoms with Crippen molar-refractivity contribution in [2.24, 2.45) is 0 Å². The van der Waals surface area contributed by atoms with Crippen molar-refractivity contribution in [2.45, 2.75) is 25.1 Å². The summed E-state index contributed by atoms with van der Waals surface area (Å²) in [5.74, 6) is 0.840. The van der Waals surface area contributed by atoms with Gasteiger partial charge in [-0.05, 0) is 41.5 Å². The van der Waals surface area contributed by atoms with Crippen LogP contribution in [0.15, 0.2) is 59.8 Å². The predicted molar refractivity (Wildman–Crippen MR) is 115 cm³/mol. The lowest BCUT2D eigenvalue weighted by molar-refractivity contribution is -0.118. The van der Waals surface area contributed by atoms with Crippen LogP contribution in [0.1, 0.15) is 18.9 Å². The third-order valence-electron chi connectivity index (χ3n) is 4.07. The number of rotatable bonds is 12. The van der Waals surface area contributed by atoms with Gasteiger partial charge >= 0.3 is 0 Å². The van der Waals surface area contributed by atoms with E-state index in [2.05, 4.69) is 20.8 Å². The van der Waals surface area contributed by atoms with Crippen molar-refractivity contribution >= 4 is 17.7 Å². The van der Waals surface area contributed by atoms with E-state index in [4.69, 9.17) is 9.47 Å². The first-order valence-corrected chi connectivity index (χ1v) is 10.8. The van der Waals surface area contributed by atoms with Crippen molar-refractivity contribution in [3.63, 3.8) is 0 Å². The van der Waals surface area contributed by atoms with E-state index in [0.29, 0.717) is 37.3 Å². The normalized spacial score (nSPS) is 10.7. The first-order chi connectivity index (χ1) is 14.8. The molecule has 30 heavy (non-hydrogen) atoms. The zero-order chi connectivity index (χ0) is 21.0. The largest absolute Gasteiger partial charge is 0.492 e. The summed E-state index contributed by atoms with van der Waals surface area (Å²) in [6.45, 7) is 4.19. The smallest absolute Gasteiger partial charge is 0.230 e. The van der Waals surface area contributed by atoms with Crippen LogP contribution in [0.5, 0.6) is 5.75 Å². The van der Waals surface area contributed by atoms with Crippen molar-refractivity contribution in [2.75, 3.05) is 25.5 Å². The van der Waals surface area contributed by atoms with Gasteiger partial charge in [0.15, 0.2) is 0 Å². The van der Waals surface area contributed by atoms with E-state index in [1.165, 1.54) is 11.8 Å². The van der Waals surface area contributed by atoms with E-state index in [1.54, 1.807) is 4.68 Å². The Bertz CT molecular complexity index is 920. The molecular formula is C21H25N5O3S. The van der Waals surface area contributed by atoms with Crippen LogP contribution in [0, 0.1) is 0 Å². The van der Waals surface area contributed by atoms with Gasteiger partial charge < -0.3 is 14.8 Å². The van der Waals surface area contributed by atoms with Gasteiger partial charge in [0.25, 0.3) is 0 Å². The minimum absolute atomic E-state index is 0.0734. The molecule has 0 saturated carbocycles. The number of aromatic nitrogens is 4. The number of thioether (sulfide) groups is 1. The lowest BCUT2D eigenvalue weighted by Crippen LogP contribution is -2.27. The average molecular weight is 428 g/mol. The summed E-state index contributed by atoms with van der Waals surface area (Å²) in [7, 11) is 0. The standard InChI is InChI=1S/C21H25N5O3S/c1-2-29-19-12-7-6-11-18(19)26-21(23-24-25-26)30-16-20(27)22-13-8-14-28-15-17-9-4-3-5-10-17/h3-7,9-12H,2,8,13-16H2,1H3,(H,22,27). The predicted octanol–water partition coefficient (Wildman–Crippen LogP) is 2.88. The maximum absolute atomic E-state index is 12.1. The van der Waals surface area contributed by atoms with E-state index < -0.39 is 0 Å². The molecule has 3 aromatic rings. The molecule has 0 bridgehead atoms. The fraction of sp³-hybridized carbons (Fsp3) is 0.333. The van der Waals surface area contributed by atoms with Gasteiger partial charge in [0.05, 0.1) is 19.0 Å². The van der Waals surface area contributed by atoms with Gasteiger partial charge in [-0.1, -0.05) is 54.2 Å². The van der Waals surface area contributed by atoms with Crippen LogP contribution in [-0.2, 0) is 16.1 Å². The Kier molecular flexibility index (Phi) is 8.67. The van der Waals surface area contributed by atoms with Crippen molar-refractivity contribution in [1.82, 2.24) is 25.5 Å². The number of hydrogen-bond acceptors (Lipinski definition) is 7. The van der Waals surface area contributed by atoms with Crippen molar-refractivity contribution < 1.29 is 14.3 Å². The number of benzene rings is 2. The highest BCUT2D eigenvalue weighted by atomic mass is 32.2. The zero-order valence-electron chi connectivity index (χ0n) is 16.9. The van der Waals surface area contributed by atoms with Gasteiger partial charge in [-0.15, -0.1) is 5.10 Å². The number of para-hydroxylation sites is 2. The van der Waals surface area contributed by atoms with E-state index in [1.807, 2.05) is 61.5 Å². The fourth-order valence-corrected chi connectivity index (χ4v) is 3.39. The number of ether oxygens (including phenoxy) is 2. The minimum Gasteiger partial charge on any atom is -0.492 e. The van der Waals surface area contributed by atoms with Crippen molar-refractivity contribution in [3.8, 4) is 11.4 Å². The summed E-state index contributed by atoms with van der Waals surface area (Å²) in [6, 6.07) is 17.5. The highest BCUT2D eigenvalue weighted by molar-refractivity contribution is 7.99. The number of carbonyl (C=O) groups excluding carboxylic acids is 1. The summed E-state index contributed by atoms with van der Waals surface area (Å²) in [5.41, 5.74) is 1.88. The minimum atomic E-state index is -0.0734. The second kappa shape index (κ2) is 11.9.